The first-order chi connectivity index (χ1) is 7.75. The average molecular weight is 249 g/mol. The Hall–Kier alpha value is -0.800. The molecule has 2 N–H and O–H groups in total. The molecule has 3 rings (SSSR count). The zero-order chi connectivity index (χ0) is 11.1. The second-order valence-electron chi connectivity index (χ2n) is 4.57. The highest BCUT2D eigenvalue weighted by Crippen LogP contribution is 2.44. The second kappa shape index (κ2) is 3.90. The van der Waals surface area contributed by atoms with Gasteiger partial charge in [-0.05, 0) is 42.2 Å². The maximum atomic E-state index is 6.18. The Kier molecular flexibility index (Phi) is 2.52. The molecule has 0 aliphatic heterocycles. The fraction of sp³-hybridized carbons (Fsp3) is 0.385. The third kappa shape index (κ3) is 1.59. The van der Waals surface area contributed by atoms with E-state index >= 15 is 0 Å². The van der Waals surface area contributed by atoms with Gasteiger partial charge in [0, 0.05) is 15.3 Å². The highest BCUT2D eigenvalue weighted by Gasteiger charge is 2.23. The summed E-state index contributed by atoms with van der Waals surface area (Å²) in [4.78, 5) is 2.87. The van der Waals surface area contributed by atoms with Crippen LogP contribution in [0.5, 0.6) is 0 Å². The van der Waals surface area contributed by atoms with Gasteiger partial charge in [-0.1, -0.05) is 13.0 Å². The molecule has 0 spiro atoms. The molecule has 1 unspecified atom stereocenters. The fourth-order valence-corrected chi connectivity index (χ4v) is 4.64. The maximum absolute atomic E-state index is 6.18. The first kappa shape index (κ1) is 10.4. The minimum Gasteiger partial charge on any atom is -0.390 e. The van der Waals surface area contributed by atoms with Gasteiger partial charge in [-0.3, -0.25) is 0 Å². The lowest BCUT2D eigenvalue weighted by Crippen LogP contribution is -2.08. The molecule has 3 heteroatoms. The van der Waals surface area contributed by atoms with Gasteiger partial charge >= 0.3 is 0 Å². The molecule has 0 amide bonds. The third-order valence-electron chi connectivity index (χ3n) is 3.31. The summed E-state index contributed by atoms with van der Waals surface area (Å²) in [5.74, 6) is 0.821. The summed E-state index contributed by atoms with van der Waals surface area (Å²) in [7, 11) is 0. The summed E-state index contributed by atoms with van der Waals surface area (Å²) in [6.07, 6.45) is 3.73. The number of nitrogen functional groups attached to an aromatic ring is 1. The van der Waals surface area contributed by atoms with Crippen LogP contribution in [0.1, 0.15) is 23.8 Å². The van der Waals surface area contributed by atoms with Gasteiger partial charge in [-0.15, -0.1) is 22.7 Å². The van der Waals surface area contributed by atoms with E-state index < -0.39 is 0 Å². The molecular weight excluding hydrogens is 234 g/mol. The zero-order valence-electron chi connectivity index (χ0n) is 9.32. The fourth-order valence-electron chi connectivity index (χ4n) is 2.46. The average Bonchev–Trinajstić information content (AvgIpc) is 2.83. The van der Waals surface area contributed by atoms with Crippen LogP contribution in [0.2, 0.25) is 0 Å². The van der Waals surface area contributed by atoms with E-state index in [2.05, 4.69) is 24.4 Å². The molecule has 0 fully saturated rings. The van der Waals surface area contributed by atoms with Gasteiger partial charge in [0.25, 0.3) is 0 Å². The first-order valence-electron chi connectivity index (χ1n) is 5.69. The Bertz CT molecular complexity index is 496. The van der Waals surface area contributed by atoms with E-state index in [0.29, 0.717) is 0 Å². The molecule has 0 bridgehead atoms. The number of hydrogen-bond donors (Lipinski definition) is 1. The standard InChI is InChI=1S/C13H15NS2/c1-8-4-5-9-11(7-8)16-13(14)12(9)10-3-2-6-15-10/h2-3,6,8H,4-5,7,14H2,1H3. The van der Waals surface area contributed by atoms with Crippen LogP contribution in [0, 0.1) is 5.92 Å². The number of nitrogens with two attached hydrogens (primary N) is 1. The SMILES string of the molecule is CC1CCc2c(sc(N)c2-c2cccs2)C1. The van der Waals surface area contributed by atoms with E-state index in [1.54, 1.807) is 22.7 Å². The number of rotatable bonds is 1. The smallest absolute Gasteiger partial charge is 0.0950 e. The van der Waals surface area contributed by atoms with Crippen molar-refractivity contribution in [3.8, 4) is 10.4 Å². The summed E-state index contributed by atoms with van der Waals surface area (Å²) in [5, 5.41) is 3.14. The van der Waals surface area contributed by atoms with Gasteiger partial charge in [0.1, 0.15) is 0 Å². The van der Waals surface area contributed by atoms with Crippen molar-refractivity contribution < 1.29 is 0 Å². The van der Waals surface area contributed by atoms with Crippen molar-refractivity contribution >= 4 is 27.7 Å². The summed E-state index contributed by atoms with van der Waals surface area (Å²) in [5.41, 5.74) is 9.05. The highest BCUT2D eigenvalue weighted by atomic mass is 32.1. The van der Waals surface area contributed by atoms with Crippen LogP contribution >= 0.6 is 22.7 Å². The number of fused-ring (bicyclic) bond motifs is 1. The van der Waals surface area contributed by atoms with Crippen LogP contribution in [0.4, 0.5) is 5.00 Å². The van der Waals surface area contributed by atoms with Crippen LogP contribution in [-0.4, -0.2) is 0 Å². The highest BCUT2D eigenvalue weighted by molar-refractivity contribution is 7.18. The van der Waals surface area contributed by atoms with Crippen molar-refractivity contribution in [1.82, 2.24) is 0 Å². The lowest BCUT2D eigenvalue weighted by atomic mass is 9.88. The molecular formula is C13H15NS2. The Labute approximate surface area is 104 Å². The van der Waals surface area contributed by atoms with Crippen molar-refractivity contribution in [2.45, 2.75) is 26.2 Å². The van der Waals surface area contributed by atoms with Crippen LogP contribution in [0.25, 0.3) is 10.4 Å². The molecule has 1 aliphatic carbocycles. The molecule has 1 atom stereocenters. The minimum atomic E-state index is 0.821. The van der Waals surface area contributed by atoms with E-state index in [-0.39, 0.29) is 0 Å². The van der Waals surface area contributed by atoms with Crippen molar-refractivity contribution in [3.63, 3.8) is 0 Å². The number of anilines is 1. The maximum Gasteiger partial charge on any atom is 0.0950 e. The molecule has 84 valence electrons. The van der Waals surface area contributed by atoms with E-state index in [4.69, 9.17) is 5.73 Å². The predicted molar refractivity (Wildman–Crippen MR) is 73.2 cm³/mol. The molecule has 0 radical (unpaired) electrons. The molecule has 2 aromatic heterocycles. The van der Waals surface area contributed by atoms with Gasteiger partial charge in [-0.25, -0.2) is 0 Å². The van der Waals surface area contributed by atoms with E-state index in [9.17, 15) is 0 Å². The van der Waals surface area contributed by atoms with Gasteiger partial charge < -0.3 is 5.73 Å². The van der Waals surface area contributed by atoms with Gasteiger partial charge in [0.2, 0.25) is 0 Å². The van der Waals surface area contributed by atoms with Crippen molar-refractivity contribution in [2.75, 3.05) is 5.73 Å². The van der Waals surface area contributed by atoms with E-state index in [1.165, 1.54) is 40.1 Å². The Morgan fingerprint density at radius 2 is 2.31 bits per heavy atom. The second-order valence-corrected chi connectivity index (χ2v) is 6.65. The summed E-state index contributed by atoms with van der Waals surface area (Å²) < 4.78 is 0. The van der Waals surface area contributed by atoms with Gasteiger partial charge in [0.15, 0.2) is 0 Å². The van der Waals surface area contributed by atoms with Gasteiger partial charge in [-0.2, -0.15) is 0 Å². The topological polar surface area (TPSA) is 26.0 Å². The molecule has 1 nitrogen and oxygen atoms in total. The van der Waals surface area contributed by atoms with Crippen LogP contribution in [0.15, 0.2) is 17.5 Å². The zero-order valence-corrected chi connectivity index (χ0v) is 11.0. The Morgan fingerprint density at radius 3 is 3.06 bits per heavy atom. The quantitative estimate of drug-likeness (QED) is 0.806. The van der Waals surface area contributed by atoms with Gasteiger partial charge in [0.05, 0.1) is 5.00 Å². The summed E-state index contributed by atoms with van der Waals surface area (Å²) in [6.45, 7) is 2.34. The molecule has 0 aromatic carbocycles. The van der Waals surface area contributed by atoms with Crippen molar-refractivity contribution in [2.24, 2.45) is 5.92 Å². The van der Waals surface area contributed by atoms with E-state index in [0.717, 1.165) is 10.9 Å². The minimum absolute atomic E-state index is 0.821. The number of thiophene rings is 2. The molecule has 0 saturated heterocycles. The third-order valence-corrected chi connectivity index (χ3v) is 5.28. The lowest BCUT2D eigenvalue weighted by molar-refractivity contribution is 0.508. The largest absolute Gasteiger partial charge is 0.390 e. The first-order valence-corrected chi connectivity index (χ1v) is 7.39. The van der Waals surface area contributed by atoms with Crippen molar-refractivity contribution in [3.05, 3.63) is 28.0 Å². The molecule has 1 aliphatic rings. The molecule has 0 saturated carbocycles. The van der Waals surface area contributed by atoms with Crippen LogP contribution < -0.4 is 5.73 Å². The normalized spacial score (nSPS) is 19.7. The Morgan fingerprint density at radius 1 is 1.44 bits per heavy atom. The monoisotopic (exact) mass is 249 g/mol. The molecule has 16 heavy (non-hydrogen) atoms. The van der Waals surface area contributed by atoms with Crippen LogP contribution in [-0.2, 0) is 12.8 Å². The Balaban J connectivity index is 2.13. The van der Waals surface area contributed by atoms with Crippen LogP contribution in [0.3, 0.4) is 0 Å². The summed E-state index contributed by atoms with van der Waals surface area (Å²) in [6, 6.07) is 4.29. The summed E-state index contributed by atoms with van der Waals surface area (Å²) >= 11 is 3.60. The molecule has 2 heterocycles. The van der Waals surface area contributed by atoms with E-state index in [1.807, 2.05) is 0 Å². The number of hydrogen-bond acceptors (Lipinski definition) is 3. The van der Waals surface area contributed by atoms with Crippen molar-refractivity contribution in [1.29, 1.82) is 0 Å². The molecule has 2 aromatic rings. The predicted octanol–water partition coefficient (Wildman–Crippen LogP) is 4.18. The lowest BCUT2D eigenvalue weighted by Gasteiger charge is -2.18.